The summed E-state index contributed by atoms with van der Waals surface area (Å²) in [6.07, 6.45) is 2.42. The highest BCUT2D eigenvalue weighted by Crippen LogP contribution is 2.40. The van der Waals surface area contributed by atoms with Crippen molar-refractivity contribution < 1.29 is 24.0 Å². The Morgan fingerprint density at radius 2 is 2.08 bits per heavy atom. The van der Waals surface area contributed by atoms with Crippen molar-refractivity contribution in [2.45, 2.75) is 32.1 Å². The molecular weight excluding hydrogens is 336 g/mol. The summed E-state index contributed by atoms with van der Waals surface area (Å²) < 4.78 is 10.5. The molecule has 2 N–H and O–H groups in total. The van der Waals surface area contributed by atoms with E-state index in [9.17, 15) is 14.7 Å². The maximum atomic E-state index is 12.2. The zero-order valence-corrected chi connectivity index (χ0v) is 14.6. The second kappa shape index (κ2) is 8.03. The number of hydrogen-bond acceptors (Lipinski definition) is 5. The molecule has 1 fully saturated rings. The fraction of sp³-hybridized carbons (Fsp3) is 0.421. The molecule has 1 aliphatic rings. The predicted octanol–water partition coefficient (Wildman–Crippen LogP) is 2.62. The number of amides is 1. The number of nitrogens with zero attached hydrogens (tertiary/aromatic N) is 1. The van der Waals surface area contributed by atoms with Crippen LogP contribution in [0.4, 0.5) is 0 Å². The van der Waals surface area contributed by atoms with Crippen molar-refractivity contribution in [1.82, 2.24) is 10.5 Å². The van der Waals surface area contributed by atoms with Crippen LogP contribution in [-0.4, -0.2) is 35.3 Å². The molecule has 0 radical (unpaired) electrons. The molecule has 1 saturated carbocycles. The van der Waals surface area contributed by atoms with E-state index in [4.69, 9.17) is 9.26 Å². The molecule has 1 unspecified atom stereocenters. The van der Waals surface area contributed by atoms with Gasteiger partial charge in [-0.2, -0.15) is 0 Å². The second-order valence-corrected chi connectivity index (χ2v) is 6.42. The number of aromatic nitrogens is 1. The Morgan fingerprint density at radius 3 is 2.69 bits per heavy atom. The highest BCUT2D eigenvalue weighted by Gasteiger charge is 2.29. The molecule has 1 amide bonds. The summed E-state index contributed by atoms with van der Waals surface area (Å²) in [5.41, 5.74) is 1.06. The Bertz CT molecular complexity index is 764. The minimum Gasteiger partial charge on any atom is -0.494 e. The summed E-state index contributed by atoms with van der Waals surface area (Å²) in [5.74, 6) is -0.271. The maximum Gasteiger partial charge on any atom is 0.308 e. The van der Waals surface area contributed by atoms with E-state index in [1.807, 2.05) is 31.2 Å². The summed E-state index contributed by atoms with van der Waals surface area (Å²) in [6.45, 7) is 2.50. The van der Waals surface area contributed by atoms with Crippen molar-refractivity contribution in [3.8, 4) is 5.75 Å². The number of rotatable bonds is 9. The zero-order valence-electron chi connectivity index (χ0n) is 14.6. The molecule has 7 heteroatoms. The summed E-state index contributed by atoms with van der Waals surface area (Å²) in [5, 5.41) is 15.8. The first-order chi connectivity index (χ1) is 12.6. The van der Waals surface area contributed by atoms with Gasteiger partial charge in [0.25, 0.3) is 5.91 Å². The minimum atomic E-state index is -0.960. The fourth-order valence-corrected chi connectivity index (χ4v) is 2.68. The molecule has 0 bridgehead atoms. The summed E-state index contributed by atoms with van der Waals surface area (Å²) >= 11 is 0. The van der Waals surface area contributed by atoms with Crippen LogP contribution in [0.15, 0.2) is 34.9 Å². The number of carboxylic acids is 1. The number of ether oxygens (including phenoxy) is 1. The summed E-state index contributed by atoms with van der Waals surface area (Å²) in [4.78, 5) is 23.7. The molecule has 7 nitrogen and oxygen atoms in total. The number of aliphatic carboxylic acids is 1. The lowest BCUT2D eigenvalue weighted by Gasteiger charge is -2.13. The lowest BCUT2D eigenvalue weighted by molar-refractivity contribution is -0.141. The molecule has 26 heavy (non-hydrogen) atoms. The Labute approximate surface area is 151 Å². The van der Waals surface area contributed by atoms with Gasteiger partial charge < -0.3 is 19.7 Å². The highest BCUT2D eigenvalue weighted by atomic mass is 16.5. The largest absolute Gasteiger partial charge is 0.494 e. The second-order valence-electron chi connectivity index (χ2n) is 6.42. The number of nitrogens with one attached hydrogen (secondary N) is 1. The van der Waals surface area contributed by atoms with Crippen molar-refractivity contribution in [2.24, 2.45) is 5.92 Å². The fourth-order valence-electron chi connectivity index (χ4n) is 2.68. The van der Waals surface area contributed by atoms with Gasteiger partial charge in [-0.15, -0.1) is 0 Å². The van der Waals surface area contributed by atoms with Gasteiger partial charge in [-0.25, -0.2) is 0 Å². The number of hydrogen-bond donors (Lipinski definition) is 2. The van der Waals surface area contributed by atoms with E-state index < -0.39 is 17.8 Å². The van der Waals surface area contributed by atoms with E-state index in [2.05, 4.69) is 10.5 Å². The third kappa shape index (κ3) is 4.62. The van der Waals surface area contributed by atoms with Crippen molar-refractivity contribution in [2.75, 3.05) is 13.2 Å². The lowest BCUT2D eigenvalue weighted by atomic mass is 9.99. The number of carbonyl (C=O) groups excluding carboxylic acids is 1. The van der Waals surface area contributed by atoms with E-state index in [1.54, 1.807) is 6.07 Å². The zero-order chi connectivity index (χ0) is 18.5. The molecule has 2 aromatic rings. The Balaban J connectivity index is 1.55. The molecule has 3 rings (SSSR count). The van der Waals surface area contributed by atoms with Crippen molar-refractivity contribution in [1.29, 1.82) is 0 Å². The van der Waals surface area contributed by atoms with E-state index in [-0.39, 0.29) is 12.2 Å². The van der Waals surface area contributed by atoms with Crippen molar-refractivity contribution >= 4 is 11.9 Å². The number of benzene rings is 1. The molecule has 0 saturated heterocycles. The van der Waals surface area contributed by atoms with E-state index in [0.717, 1.165) is 29.9 Å². The third-order valence-electron chi connectivity index (χ3n) is 4.32. The molecule has 1 aliphatic carbocycles. The average molecular weight is 358 g/mol. The number of carbonyl (C=O) groups is 2. The molecule has 1 aromatic carbocycles. The first-order valence-electron chi connectivity index (χ1n) is 8.76. The average Bonchev–Trinajstić information content (AvgIpc) is 3.36. The van der Waals surface area contributed by atoms with Crippen LogP contribution in [0, 0.1) is 5.92 Å². The van der Waals surface area contributed by atoms with Gasteiger partial charge in [-0.1, -0.05) is 17.3 Å². The Morgan fingerprint density at radius 1 is 1.35 bits per heavy atom. The van der Waals surface area contributed by atoms with Gasteiger partial charge >= 0.3 is 5.97 Å². The van der Waals surface area contributed by atoms with Gasteiger partial charge in [0.05, 0.1) is 12.5 Å². The van der Waals surface area contributed by atoms with E-state index in [0.29, 0.717) is 18.9 Å². The lowest BCUT2D eigenvalue weighted by Crippen LogP contribution is -2.34. The highest BCUT2D eigenvalue weighted by molar-refractivity contribution is 5.92. The van der Waals surface area contributed by atoms with Crippen molar-refractivity contribution in [3.05, 3.63) is 47.3 Å². The van der Waals surface area contributed by atoms with Crippen molar-refractivity contribution in [3.63, 3.8) is 0 Å². The minimum absolute atomic E-state index is 0.0208. The standard InChI is InChI=1S/C19H22N2O5/c1-2-25-15-7-3-12(4-8-15)9-14(19(23)24)11-20-18(22)16-10-17(26-21-16)13-5-6-13/h3-4,7-8,10,13-14H,2,5-6,9,11H2,1H3,(H,20,22)(H,23,24). The van der Waals surface area contributed by atoms with Crippen LogP contribution in [-0.2, 0) is 11.2 Å². The Hall–Kier alpha value is -2.83. The van der Waals surface area contributed by atoms with Gasteiger partial charge in [-0.3, -0.25) is 9.59 Å². The molecule has 0 aliphatic heterocycles. The van der Waals surface area contributed by atoms with Crippen LogP contribution in [0.2, 0.25) is 0 Å². The first kappa shape index (κ1) is 18.0. The van der Waals surface area contributed by atoms with Gasteiger partial charge in [0.2, 0.25) is 0 Å². The molecule has 1 heterocycles. The predicted molar refractivity (Wildman–Crippen MR) is 93.3 cm³/mol. The van der Waals surface area contributed by atoms with Crippen LogP contribution in [0.3, 0.4) is 0 Å². The van der Waals surface area contributed by atoms with E-state index >= 15 is 0 Å². The third-order valence-corrected chi connectivity index (χ3v) is 4.32. The van der Waals surface area contributed by atoms with Crippen LogP contribution in [0.25, 0.3) is 0 Å². The van der Waals surface area contributed by atoms with Crippen LogP contribution in [0.1, 0.15) is 47.5 Å². The normalized spacial score (nSPS) is 14.7. The molecule has 0 spiro atoms. The molecule has 138 valence electrons. The monoisotopic (exact) mass is 358 g/mol. The molecular formula is C19H22N2O5. The van der Waals surface area contributed by atoms with Gasteiger partial charge in [0, 0.05) is 18.5 Å². The smallest absolute Gasteiger partial charge is 0.308 e. The molecule has 1 aromatic heterocycles. The summed E-state index contributed by atoms with van der Waals surface area (Å²) in [6, 6.07) is 8.93. The Kier molecular flexibility index (Phi) is 5.55. The van der Waals surface area contributed by atoms with E-state index in [1.165, 1.54) is 0 Å². The maximum absolute atomic E-state index is 12.2. The van der Waals surface area contributed by atoms with Crippen LogP contribution >= 0.6 is 0 Å². The van der Waals surface area contributed by atoms with Gasteiger partial charge in [-0.05, 0) is 43.9 Å². The SMILES string of the molecule is CCOc1ccc(CC(CNC(=O)c2cc(C3CC3)on2)C(=O)O)cc1. The first-order valence-corrected chi connectivity index (χ1v) is 8.76. The number of carboxylic acid groups (broad SMARTS) is 1. The van der Waals surface area contributed by atoms with Gasteiger partial charge in [0.1, 0.15) is 11.5 Å². The van der Waals surface area contributed by atoms with Crippen LogP contribution in [0.5, 0.6) is 5.75 Å². The topological polar surface area (TPSA) is 102 Å². The van der Waals surface area contributed by atoms with Gasteiger partial charge in [0.15, 0.2) is 5.69 Å². The van der Waals surface area contributed by atoms with Crippen LogP contribution < -0.4 is 10.1 Å². The quantitative estimate of drug-likeness (QED) is 0.714. The molecule has 1 atom stereocenters. The summed E-state index contributed by atoms with van der Waals surface area (Å²) in [7, 11) is 0.